The SMILES string of the molecule is Clc1cccc(-c2nc3ccc(Cl)cn3n2)c1. The number of hydrogen-bond acceptors (Lipinski definition) is 2. The molecule has 0 saturated carbocycles. The Hall–Kier alpha value is -1.58. The van der Waals surface area contributed by atoms with Crippen molar-refractivity contribution in [3.8, 4) is 11.4 Å². The van der Waals surface area contributed by atoms with Crippen molar-refractivity contribution in [1.82, 2.24) is 14.6 Å². The summed E-state index contributed by atoms with van der Waals surface area (Å²) in [6.45, 7) is 0. The second-order valence-corrected chi connectivity index (χ2v) is 4.47. The highest BCUT2D eigenvalue weighted by molar-refractivity contribution is 6.31. The summed E-state index contributed by atoms with van der Waals surface area (Å²) >= 11 is 11.8. The minimum Gasteiger partial charge on any atom is -0.219 e. The van der Waals surface area contributed by atoms with Gasteiger partial charge in [0.15, 0.2) is 11.5 Å². The van der Waals surface area contributed by atoms with Gasteiger partial charge in [0.05, 0.1) is 5.02 Å². The Balaban J connectivity index is 2.18. The Bertz CT molecular complexity index is 691. The minimum atomic E-state index is 0.625. The fourth-order valence-corrected chi connectivity index (χ4v) is 1.95. The second kappa shape index (κ2) is 4.02. The van der Waals surface area contributed by atoms with Gasteiger partial charge >= 0.3 is 0 Å². The summed E-state index contributed by atoms with van der Waals surface area (Å²) in [5.74, 6) is 0.634. The molecule has 2 aromatic heterocycles. The second-order valence-electron chi connectivity index (χ2n) is 3.60. The van der Waals surface area contributed by atoms with Gasteiger partial charge < -0.3 is 0 Å². The molecule has 0 aliphatic heterocycles. The van der Waals surface area contributed by atoms with Crippen LogP contribution in [0.1, 0.15) is 0 Å². The van der Waals surface area contributed by atoms with Gasteiger partial charge in [-0.25, -0.2) is 9.50 Å². The molecule has 0 spiro atoms. The van der Waals surface area contributed by atoms with Gasteiger partial charge in [-0.05, 0) is 24.3 Å². The van der Waals surface area contributed by atoms with E-state index < -0.39 is 0 Å². The summed E-state index contributed by atoms with van der Waals surface area (Å²) in [5, 5.41) is 5.64. The smallest absolute Gasteiger partial charge is 0.182 e. The van der Waals surface area contributed by atoms with E-state index in [-0.39, 0.29) is 0 Å². The standard InChI is InChI=1S/C12H7Cl2N3/c13-9-3-1-2-8(6-9)12-15-11-5-4-10(14)7-17(11)16-12/h1-7H. The van der Waals surface area contributed by atoms with Crippen LogP contribution in [0.15, 0.2) is 42.6 Å². The van der Waals surface area contributed by atoms with Crippen LogP contribution in [0, 0.1) is 0 Å². The first-order valence-electron chi connectivity index (χ1n) is 5.00. The van der Waals surface area contributed by atoms with Gasteiger partial charge in [-0.2, -0.15) is 0 Å². The molecule has 0 fully saturated rings. The van der Waals surface area contributed by atoms with E-state index in [1.807, 2.05) is 30.3 Å². The Kier molecular flexibility index (Phi) is 2.50. The fourth-order valence-electron chi connectivity index (χ4n) is 1.61. The fraction of sp³-hybridized carbons (Fsp3) is 0. The maximum absolute atomic E-state index is 5.94. The number of fused-ring (bicyclic) bond motifs is 1. The lowest BCUT2D eigenvalue weighted by Gasteiger charge is -1.94. The lowest BCUT2D eigenvalue weighted by atomic mass is 10.2. The van der Waals surface area contributed by atoms with Crippen LogP contribution in [0.25, 0.3) is 17.0 Å². The van der Waals surface area contributed by atoms with Crippen molar-refractivity contribution in [3.05, 3.63) is 52.6 Å². The molecule has 5 heteroatoms. The molecule has 0 amide bonds. The van der Waals surface area contributed by atoms with Crippen molar-refractivity contribution >= 4 is 28.8 Å². The first kappa shape index (κ1) is 10.6. The molecule has 0 N–H and O–H groups in total. The predicted octanol–water partition coefficient (Wildman–Crippen LogP) is 3.70. The average Bonchev–Trinajstić information content (AvgIpc) is 2.72. The third-order valence-electron chi connectivity index (χ3n) is 2.38. The minimum absolute atomic E-state index is 0.625. The van der Waals surface area contributed by atoms with E-state index in [0.29, 0.717) is 15.9 Å². The maximum Gasteiger partial charge on any atom is 0.182 e. The third kappa shape index (κ3) is 1.99. The molecule has 0 atom stereocenters. The normalized spacial score (nSPS) is 10.9. The van der Waals surface area contributed by atoms with Gasteiger partial charge in [-0.15, -0.1) is 5.10 Å². The monoisotopic (exact) mass is 263 g/mol. The number of hydrogen-bond donors (Lipinski definition) is 0. The number of rotatable bonds is 1. The Morgan fingerprint density at radius 1 is 1.00 bits per heavy atom. The third-order valence-corrected chi connectivity index (χ3v) is 2.84. The Morgan fingerprint density at radius 3 is 2.71 bits per heavy atom. The molecule has 84 valence electrons. The summed E-state index contributed by atoms with van der Waals surface area (Å²) in [5.41, 5.74) is 1.64. The van der Waals surface area contributed by atoms with Crippen LogP contribution in [0.2, 0.25) is 10.0 Å². The summed E-state index contributed by atoms with van der Waals surface area (Å²) in [4.78, 5) is 4.40. The van der Waals surface area contributed by atoms with Crippen molar-refractivity contribution in [2.75, 3.05) is 0 Å². The molecule has 0 aliphatic rings. The molecule has 0 radical (unpaired) electrons. The van der Waals surface area contributed by atoms with Gasteiger partial charge in [-0.3, -0.25) is 0 Å². The lowest BCUT2D eigenvalue weighted by molar-refractivity contribution is 0.966. The summed E-state index contributed by atoms with van der Waals surface area (Å²) in [7, 11) is 0. The molecule has 0 unspecified atom stereocenters. The summed E-state index contributed by atoms with van der Waals surface area (Å²) < 4.78 is 1.65. The Labute approximate surface area is 108 Å². The van der Waals surface area contributed by atoms with Crippen molar-refractivity contribution in [2.45, 2.75) is 0 Å². The first-order valence-corrected chi connectivity index (χ1v) is 5.76. The molecule has 17 heavy (non-hydrogen) atoms. The van der Waals surface area contributed by atoms with E-state index in [1.54, 1.807) is 16.8 Å². The van der Waals surface area contributed by atoms with E-state index >= 15 is 0 Å². The van der Waals surface area contributed by atoms with Gasteiger partial charge in [0, 0.05) is 16.8 Å². The van der Waals surface area contributed by atoms with Crippen LogP contribution in [0.4, 0.5) is 0 Å². The van der Waals surface area contributed by atoms with Crippen molar-refractivity contribution in [2.24, 2.45) is 0 Å². The number of pyridine rings is 1. The lowest BCUT2D eigenvalue weighted by Crippen LogP contribution is -1.86. The molecule has 0 aliphatic carbocycles. The zero-order chi connectivity index (χ0) is 11.8. The van der Waals surface area contributed by atoms with Crippen molar-refractivity contribution < 1.29 is 0 Å². The van der Waals surface area contributed by atoms with E-state index in [1.165, 1.54) is 0 Å². The van der Waals surface area contributed by atoms with Gasteiger partial charge in [-0.1, -0.05) is 35.3 Å². The number of aromatic nitrogens is 3. The molecular weight excluding hydrogens is 257 g/mol. The first-order chi connectivity index (χ1) is 8.22. The molecule has 3 nitrogen and oxygen atoms in total. The van der Waals surface area contributed by atoms with Crippen LogP contribution in [0.3, 0.4) is 0 Å². The van der Waals surface area contributed by atoms with E-state index in [0.717, 1.165) is 11.2 Å². The highest BCUT2D eigenvalue weighted by Crippen LogP contribution is 2.20. The number of benzene rings is 1. The quantitative estimate of drug-likeness (QED) is 0.670. The Morgan fingerprint density at radius 2 is 1.88 bits per heavy atom. The molecule has 1 aromatic carbocycles. The maximum atomic E-state index is 5.94. The topological polar surface area (TPSA) is 30.2 Å². The highest BCUT2D eigenvalue weighted by atomic mass is 35.5. The van der Waals surface area contributed by atoms with Crippen LogP contribution in [0.5, 0.6) is 0 Å². The number of halogens is 2. The zero-order valence-electron chi connectivity index (χ0n) is 8.64. The van der Waals surface area contributed by atoms with Gasteiger partial charge in [0.1, 0.15) is 0 Å². The molecule has 3 aromatic rings. The zero-order valence-corrected chi connectivity index (χ0v) is 10.2. The van der Waals surface area contributed by atoms with Crippen molar-refractivity contribution in [1.29, 1.82) is 0 Å². The molecular formula is C12H7Cl2N3. The average molecular weight is 264 g/mol. The van der Waals surface area contributed by atoms with E-state index in [9.17, 15) is 0 Å². The van der Waals surface area contributed by atoms with Crippen LogP contribution in [-0.4, -0.2) is 14.6 Å². The highest BCUT2D eigenvalue weighted by Gasteiger charge is 2.06. The van der Waals surface area contributed by atoms with Crippen LogP contribution < -0.4 is 0 Å². The summed E-state index contributed by atoms with van der Waals surface area (Å²) in [6.07, 6.45) is 1.72. The van der Waals surface area contributed by atoms with Crippen molar-refractivity contribution in [3.63, 3.8) is 0 Å². The van der Waals surface area contributed by atoms with Gasteiger partial charge in [0.2, 0.25) is 0 Å². The largest absolute Gasteiger partial charge is 0.219 e. The predicted molar refractivity (Wildman–Crippen MR) is 68.4 cm³/mol. The molecule has 3 rings (SSSR count). The van der Waals surface area contributed by atoms with Crippen LogP contribution in [-0.2, 0) is 0 Å². The number of nitrogens with zero attached hydrogens (tertiary/aromatic N) is 3. The summed E-state index contributed by atoms with van der Waals surface area (Å²) in [6, 6.07) is 11.0. The molecule has 0 saturated heterocycles. The molecule has 2 heterocycles. The molecule has 0 bridgehead atoms. The van der Waals surface area contributed by atoms with Crippen LogP contribution >= 0.6 is 23.2 Å². The van der Waals surface area contributed by atoms with Gasteiger partial charge in [0.25, 0.3) is 0 Å². The van der Waals surface area contributed by atoms with E-state index in [2.05, 4.69) is 10.1 Å². The van der Waals surface area contributed by atoms with E-state index in [4.69, 9.17) is 23.2 Å².